The smallest absolute Gasteiger partial charge is 0.335 e. The summed E-state index contributed by atoms with van der Waals surface area (Å²) in [5, 5.41) is 9.06. The summed E-state index contributed by atoms with van der Waals surface area (Å²) in [7, 11) is 0. The summed E-state index contributed by atoms with van der Waals surface area (Å²) in [6.07, 6.45) is 0.644. The van der Waals surface area contributed by atoms with Crippen molar-refractivity contribution in [2.45, 2.75) is 13.0 Å². The number of hydrogen-bond donors (Lipinski definition) is 2. The minimum Gasteiger partial charge on any atom is -0.478 e. The summed E-state index contributed by atoms with van der Waals surface area (Å²) in [6.45, 7) is 1.47. The van der Waals surface area contributed by atoms with Crippen molar-refractivity contribution in [1.29, 1.82) is 0 Å². The van der Waals surface area contributed by atoms with Crippen molar-refractivity contribution < 1.29 is 14.7 Å². The Morgan fingerprint density at radius 2 is 2.18 bits per heavy atom. The Kier molecular flexibility index (Phi) is 3.10. The van der Waals surface area contributed by atoms with Crippen LogP contribution < -0.4 is 5.73 Å². The molecule has 0 saturated heterocycles. The summed E-state index contributed by atoms with van der Waals surface area (Å²) in [5.74, 6) is -1.26. The van der Waals surface area contributed by atoms with Crippen LogP contribution >= 0.6 is 0 Å². The first-order valence-electron chi connectivity index (χ1n) is 5.42. The number of rotatable bonds is 3. The highest BCUT2D eigenvalue weighted by Crippen LogP contribution is 2.22. The number of primary amides is 1. The van der Waals surface area contributed by atoms with Crippen LogP contribution in [0.2, 0.25) is 0 Å². The molecule has 0 unspecified atom stereocenters. The van der Waals surface area contributed by atoms with Gasteiger partial charge in [0.25, 0.3) is 0 Å². The maximum absolute atomic E-state index is 11.0. The van der Waals surface area contributed by atoms with Crippen LogP contribution in [0.3, 0.4) is 0 Å². The van der Waals surface area contributed by atoms with E-state index in [2.05, 4.69) is 0 Å². The number of amides is 1. The van der Waals surface area contributed by atoms with Crippen LogP contribution in [0, 0.1) is 0 Å². The van der Waals surface area contributed by atoms with E-state index in [4.69, 9.17) is 10.8 Å². The highest BCUT2D eigenvalue weighted by molar-refractivity contribution is 5.89. The molecule has 0 bridgehead atoms. The van der Waals surface area contributed by atoms with Crippen LogP contribution in [0.4, 0.5) is 0 Å². The van der Waals surface area contributed by atoms with Crippen molar-refractivity contribution in [2.24, 2.45) is 5.73 Å². The number of carboxylic acid groups (broad SMARTS) is 1. The molecule has 17 heavy (non-hydrogen) atoms. The average molecular weight is 234 g/mol. The Morgan fingerprint density at radius 3 is 2.82 bits per heavy atom. The largest absolute Gasteiger partial charge is 0.478 e. The fourth-order valence-electron chi connectivity index (χ4n) is 2.22. The number of aromatic carboxylic acids is 1. The molecule has 90 valence electrons. The molecular weight excluding hydrogens is 220 g/mol. The normalized spacial score (nSPS) is 15.3. The number of carbonyl (C=O) groups is 2. The molecule has 0 radical (unpaired) electrons. The molecule has 5 nitrogen and oxygen atoms in total. The molecule has 1 aromatic rings. The van der Waals surface area contributed by atoms with Gasteiger partial charge in [0.1, 0.15) is 0 Å². The lowest BCUT2D eigenvalue weighted by molar-refractivity contribution is -0.119. The van der Waals surface area contributed by atoms with Crippen molar-refractivity contribution in [2.75, 3.05) is 13.1 Å². The topological polar surface area (TPSA) is 83.6 Å². The quantitative estimate of drug-likeness (QED) is 0.784. The molecule has 1 heterocycles. The van der Waals surface area contributed by atoms with Gasteiger partial charge in [0.05, 0.1) is 12.1 Å². The predicted molar refractivity (Wildman–Crippen MR) is 61.6 cm³/mol. The zero-order valence-electron chi connectivity index (χ0n) is 9.35. The molecule has 5 heteroatoms. The molecule has 1 aliphatic heterocycles. The number of carboxylic acids is 1. The van der Waals surface area contributed by atoms with Gasteiger partial charge in [-0.3, -0.25) is 9.69 Å². The van der Waals surface area contributed by atoms with Crippen molar-refractivity contribution in [3.05, 3.63) is 34.9 Å². The number of benzene rings is 1. The Bertz CT molecular complexity index is 471. The van der Waals surface area contributed by atoms with E-state index >= 15 is 0 Å². The van der Waals surface area contributed by atoms with Crippen LogP contribution in [0.15, 0.2) is 18.2 Å². The molecule has 3 N–H and O–H groups in total. The first-order valence-corrected chi connectivity index (χ1v) is 5.42. The highest BCUT2D eigenvalue weighted by atomic mass is 16.4. The molecule has 0 aliphatic carbocycles. The Labute approximate surface area is 98.8 Å². The zero-order valence-corrected chi connectivity index (χ0v) is 9.35. The van der Waals surface area contributed by atoms with Crippen LogP contribution in [0.25, 0.3) is 0 Å². The number of fused-ring (bicyclic) bond motifs is 1. The summed E-state index contributed by atoms with van der Waals surface area (Å²) < 4.78 is 0. The molecule has 0 saturated carbocycles. The van der Waals surface area contributed by atoms with E-state index in [1.807, 2.05) is 11.0 Å². The van der Waals surface area contributed by atoms with Gasteiger partial charge in [0.15, 0.2) is 0 Å². The third-order valence-electron chi connectivity index (χ3n) is 2.95. The first kappa shape index (κ1) is 11.6. The first-order chi connectivity index (χ1) is 8.08. The summed E-state index contributed by atoms with van der Waals surface area (Å²) in [6, 6.07) is 5.25. The lowest BCUT2D eigenvalue weighted by Crippen LogP contribution is -2.37. The lowest BCUT2D eigenvalue weighted by atomic mass is 9.94. The predicted octanol–water partition coefficient (Wildman–Crippen LogP) is 0.228. The standard InChI is InChI=1S/C12H14N2O3/c13-11(15)7-14-5-4-9-8(6-14)2-1-3-10(9)12(16)17/h1-3H,4-7H2,(H2,13,15)(H,16,17). The summed E-state index contributed by atoms with van der Waals surface area (Å²) >= 11 is 0. The number of hydrogen-bond acceptors (Lipinski definition) is 3. The van der Waals surface area contributed by atoms with E-state index in [1.54, 1.807) is 12.1 Å². The molecule has 1 aromatic carbocycles. The zero-order chi connectivity index (χ0) is 12.4. The highest BCUT2D eigenvalue weighted by Gasteiger charge is 2.21. The molecule has 0 spiro atoms. The second-order valence-corrected chi connectivity index (χ2v) is 4.18. The number of nitrogens with two attached hydrogens (primary N) is 1. The van der Waals surface area contributed by atoms with E-state index in [0.717, 1.165) is 11.1 Å². The van der Waals surface area contributed by atoms with Crippen LogP contribution in [0.1, 0.15) is 21.5 Å². The minimum absolute atomic E-state index is 0.219. The minimum atomic E-state index is -0.898. The monoisotopic (exact) mass is 234 g/mol. The van der Waals surface area contributed by atoms with Crippen molar-refractivity contribution in [3.63, 3.8) is 0 Å². The van der Waals surface area contributed by atoms with Gasteiger partial charge in [-0.15, -0.1) is 0 Å². The van der Waals surface area contributed by atoms with E-state index in [1.165, 1.54) is 0 Å². The van der Waals surface area contributed by atoms with Gasteiger partial charge < -0.3 is 10.8 Å². The third-order valence-corrected chi connectivity index (χ3v) is 2.95. The maximum Gasteiger partial charge on any atom is 0.335 e. The Balaban J connectivity index is 2.25. The molecule has 2 rings (SSSR count). The molecule has 0 atom stereocenters. The van der Waals surface area contributed by atoms with E-state index < -0.39 is 5.97 Å². The molecule has 1 amide bonds. The van der Waals surface area contributed by atoms with E-state index in [-0.39, 0.29) is 12.5 Å². The van der Waals surface area contributed by atoms with E-state index in [0.29, 0.717) is 25.1 Å². The fraction of sp³-hybridized carbons (Fsp3) is 0.333. The van der Waals surface area contributed by atoms with Crippen LogP contribution in [-0.4, -0.2) is 35.0 Å². The van der Waals surface area contributed by atoms with Gasteiger partial charge in [0, 0.05) is 13.1 Å². The fourth-order valence-corrected chi connectivity index (χ4v) is 2.22. The molecule has 0 aromatic heterocycles. The molecular formula is C12H14N2O3. The van der Waals surface area contributed by atoms with Crippen molar-refractivity contribution in [3.8, 4) is 0 Å². The van der Waals surface area contributed by atoms with Gasteiger partial charge in [-0.05, 0) is 23.6 Å². The van der Waals surface area contributed by atoms with Gasteiger partial charge in [-0.2, -0.15) is 0 Å². The average Bonchev–Trinajstić information content (AvgIpc) is 2.26. The van der Waals surface area contributed by atoms with Crippen molar-refractivity contribution >= 4 is 11.9 Å². The molecule has 1 aliphatic rings. The number of nitrogens with zero attached hydrogens (tertiary/aromatic N) is 1. The summed E-state index contributed by atoms with van der Waals surface area (Å²) in [5.41, 5.74) is 7.35. The van der Waals surface area contributed by atoms with Gasteiger partial charge in [-0.25, -0.2) is 4.79 Å². The van der Waals surface area contributed by atoms with Crippen molar-refractivity contribution in [1.82, 2.24) is 4.90 Å². The van der Waals surface area contributed by atoms with Crippen LogP contribution in [0.5, 0.6) is 0 Å². The second kappa shape index (κ2) is 4.55. The Hall–Kier alpha value is -1.88. The second-order valence-electron chi connectivity index (χ2n) is 4.18. The molecule has 0 fully saturated rings. The Morgan fingerprint density at radius 1 is 1.41 bits per heavy atom. The lowest BCUT2D eigenvalue weighted by Gasteiger charge is -2.28. The van der Waals surface area contributed by atoms with Gasteiger partial charge in [0.2, 0.25) is 5.91 Å². The summed E-state index contributed by atoms with van der Waals surface area (Å²) in [4.78, 5) is 23.8. The van der Waals surface area contributed by atoms with Gasteiger partial charge >= 0.3 is 5.97 Å². The van der Waals surface area contributed by atoms with Gasteiger partial charge in [-0.1, -0.05) is 12.1 Å². The third kappa shape index (κ3) is 2.45. The number of carbonyl (C=O) groups excluding carboxylic acids is 1. The van der Waals surface area contributed by atoms with E-state index in [9.17, 15) is 9.59 Å². The SMILES string of the molecule is NC(=O)CN1CCc2c(cccc2C(=O)O)C1. The van der Waals surface area contributed by atoms with Crippen LogP contribution in [-0.2, 0) is 17.8 Å². The maximum atomic E-state index is 11.0.